The first kappa shape index (κ1) is 15.4. The van der Waals surface area contributed by atoms with Gasteiger partial charge in [-0.15, -0.1) is 0 Å². The smallest absolute Gasteiger partial charge is 0.320 e. The second kappa shape index (κ2) is 7.18. The number of ether oxygens (including phenoxy) is 1. The van der Waals surface area contributed by atoms with Crippen molar-refractivity contribution in [1.29, 1.82) is 0 Å². The lowest BCUT2D eigenvalue weighted by molar-refractivity contribution is -0.145. The van der Waals surface area contributed by atoms with Gasteiger partial charge in [-0.2, -0.15) is 0 Å². The van der Waals surface area contributed by atoms with E-state index in [2.05, 4.69) is 41.9 Å². The number of nitrogens with zero attached hydrogens (tertiary/aromatic N) is 2. The van der Waals surface area contributed by atoms with E-state index in [4.69, 9.17) is 4.74 Å². The highest BCUT2D eigenvalue weighted by Crippen LogP contribution is 2.18. The van der Waals surface area contributed by atoms with Crippen molar-refractivity contribution < 1.29 is 9.53 Å². The second-order valence-corrected chi connectivity index (χ2v) is 5.30. The van der Waals surface area contributed by atoms with Crippen molar-refractivity contribution >= 4 is 16.9 Å². The Hall–Kier alpha value is -1.94. The molecular formula is C17H22N2O2. The number of hydrogen-bond donors (Lipinski definition) is 0. The highest BCUT2D eigenvalue weighted by molar-refractivity contribution is 5.81. The van der Waals surface area contributed by atoms with E-state index in [1.54, 1.807) is 6.20 Å². The summed E-state index contributed by atoms with van der Waals surface area (Å²) in [6.07, 6.45) is 1.80. The molecule has 2 aromatic rings. The third kappa shape index (κ3) is 4.02. The molecule has 0 unspecified atom stereocenters. The van der Waals surface area contributed by atoms with Gasteiger partial charge in [0.25, 0.3) is 0 Å². The second-order valence-electron chi connectivity index (χ2n) is 5.30. The molecule has 0 aliphatic heterocycles. The van der Waals surface area contributed by atoms with Gasteiger partial charge in [0.1, 0.15) is 0 Å². The Labute approximate surface area is 125 Å². The van der Waals surface area contributed by atoms with Gasteiger partial charge in [-0.3, -0.25) is 14.7 Å². The van der Waals surface area contributed by atoms with Crippen LogP contribution >= 0.6 is 0 Å². The summed E-state index contributed by atoms with van der Waals surface area (Å²) in [7, 11) is 0. The van der Waals surface area contributed by atoms with Crippen LogP contribution in [0.3, 0.4) is 0 Å². The fourth-order valence-corrected chi connectivity index (χ4v) is 2.31. The highest BCUT2D eigenvalue weighted by atomic mass is 16.5. The van der Waals surface area contributed by atoms with Gasteiger partial charge in [0.2, 0.25) is 0 Å². The minimum atomic E-state index is -0.181. The number of carbonyl (C=O) groups is 1. The first-order valence-corrected chi connectivity index (χ1v) is 7.34. The fourth-order valence-electron chi connectivity index (χ4n) is 2.31. The third-order valence-electron chi connectivity index (χ3n) is 3.46. The van der Waals surface area contributed by atoms with Gasteiger partial charge >= 0.3 is 5.97 Å². The maximum absolute atomic E-state index is 11.7. The molecule has 0 amide bonds. The molecule has 4 heteroatoms. The Balaban J connectivity index is 2.21. The first-order valence-electron chi connectivity index (χ1n) is 7.34. The van der Waals surface area contributed by atoms with Crippen LogP contribution in [0, 0.1) is 0 Å². The van der Waals surface area contributed by atoms with Crippen LogP contribution in [-0.4, -0.2) is 35.0 Å². The van der Waals surface area contributed by atoms with Crippen LogP contribution < -0.4 is 0 Å². The van der Waals surface area contributed by atoms with Crippen molar-refractivity contribution in [2.24, 2.45) is 0 Å². The molecule has 0 aliphatic rings. The normalized spacial score (nSPS) is 11.3. The molecule has 0 aliphatic carbocycles. The molecule has 0 atom stereocenters. The van der Waals surface area contributed by atoms with E-state index in [1.165, 1.54) is 0 Å². The molecule has 0 saturated heterocycles. The zero-order valence-electron chi connectivity index (χ0n) is 12.9. The minimum absolute atomic E-state index is 0.181. The van der Waals surface area contributed by atoms with Crippen LogP contribution in [0.1, 0.15) is 26.3 Å². The molecule has 0 N–H and O–H groups in total. The Morgan fingerprint density at radius 1 is 1.29 bits per heavy atom. The van der Waals surface area contributed by atoms with E-state index < -0.39 is 0 Å². The average molecular weight is 286 g/mol. The molecule has 0 saturated carbocycles. The van der Waals surface area contributed by atoms with E-state index in [9.17, 15) is 4.79 Å². The van der Waals surface area contributed by atoms with E-state index in [-0.39, 0.29) is 12.0 Å². The molecular weight excluding hydrogens is 264 g/mol. The van der Waals surface area contributed by atoms with Crippen LogP contribution in [-0.2, 0) is 16.1 Å². The Kier molecular flexibility index (Phi) is 5.28. The van der Waals surface area contributed by atoms with Crippen LogP contribution in [0.5, 0.6) is 0 Å². The SMILES string of the molecule is CCOC(=O)CN(Cc1cccc2cccnc12)C(C)C. The molecule has 112 valence electrons. The molecule has 1 aromatic carbocycles. The number of carbonyl (C=O) groups excluding carboxylic acids is 1. The van der Waals surface area contributed by atoms with E-state index in [0.29, 0.717) is 19.7 Å². The molecule has 2 rings (SSSR count). The standard InChI is InChI=1S/C17H22N2O2/c1-4-21-16(20)12-19(13(2)3)11-15-8-5-7-14-9-6-10-18-17(14)15/h5-10,13H,4,11-12H2,1-3H3. The van der Waals surface area contributed by atoms with Crippen molar-refractivity contribution in [3.8, 4) is 0 Å². The number of rotatable bonds is 6. The van der Waals surface area contributed by atoms with Crippen molar-refractivity contribution in [3.05, 3.63) is 42.1 Å². The Morgan fingerprint density at radius 2 is 2.05 bits per heavy atom. The number of fused-ring (bicyclic) bond motifs is 1. The quantitative estimate of drug-likeness (QED) is 0.766. The van der Waals surface area contributed by atoms with E-state index in [1.807, 2.05) is 19.1 Å². The highest BCUT2D eigenvalue weighted by Gasteiger charge is 2.16. The largest absolute Gasteiger partial charge is 0.465 e. The van der Waals surface area contributed by atoms with Gasteiger partial charge in [0.05, 0.1) is 18.7 Å². The summed E-state index contributed by atoms with van der Waals surface area (Å²) >= 11 is 0. The first-order chi connectivity index (χ1) is 10.1. The molecule has 1 heterocycles. The molecule has 0 fully saturated rings. The summed E-state index contributed by atoms with van der Waals surface area (Å²) in [5.41, 5.74) is 2.13. The van der Waals surface area contributed by atoms with Gasteiger partial charge in [-0.25, -0.2) is 0 Å². The summed E-state index contributed by atoms with van der Waals surface area (Å²) < 4.78 is 5.05. The van der Waals surface area contributed by atoms with Crippen LogP contribution in [0.4, 0.5) is 0 Å². The lowest BCUT2D eigenvalue weighted by Crippen LogP contribution is -2.36. The summed E-state index contributed by atoms with van der Waals surface area (Å²) in [5.74, 6) is -0.181. The van der Waals surface area contributed by atoms with Crippen LogP contribution in [0.15, 0.2) is 36.5 Å². The zero-order chi connectivity index (χ0) is 15.2. The number of esters is 1. The Morgan fingerprint density at radius 3 is 2.76 bits per heavy atom. The van der Waals surface area contributed by atoms with Crippen molar-refractivity contribution in [2.45, 2.75) is 33.4 Å². The number of aromatic nitrogens is 1. The summed E-state index contributed by atoms with van der Waals surface area (Å²) in [5, 5.41) is 1.12. The number of hydrogen-bond acceptors (Lipinski definition) is 4. The summed E-state index contributed by atoms with van der Waals surface area (Å²) in [6, 6.07) is 10.4. The fraction of sp³-hybridized carbons (Fsp3) is 0.412. The van der Waals surface area contributed by atoms with Gasteiger partial charge < -0.3 is 4.74 Å². The maximum atomic E-state index is 11.7. The topological polar surface area (TPSA) is 42.4 Å². The number of pyridine rings is 1. The van der Waals surface area contributed by atoms with Crippen molar-refractivity contribution in [2.75, 3.05) is 13.2 Å². The summed E-state index contributed by atoms with van der Waals surface area (Å²) in [6.45, 7) is 7.39. The van der Waals surface area contributed by atoms with Gasteiger partial charge in [-0.1, -0.05) is 24.3 Å². The molecule has 0 bridgehead atoms. The minimum Gasteiger partial charge on any atom is -0.465 e. The van der Waals surface area contributed by atoms with Crippen molar-refractivity contribution in [1.82, 2.24) is 9.88 Å². The zero-order valence-corrected chi connectivity index (χ0v) is 12.9. The number of para-hydroxylation sites is 1. The Bertz CT molecular complexity index is 605. The monoisotopic (exact) mass is 286 g/mol. The van der Waals surface area contributed by atoms with E-state index in [0.717, 1.165) is 16.5 Å². The maximum Gasteiger partial charge on any atom is 0.320 e. The lowest BCUT2D eigenvalue weighted by Gasteiger charge is -2.25. The third-order valence-corrected chi connectivity index (χ3v) is 3.46. The van der Waals surface area contributed by atoms with Gasteiger partial charge in [0, 0.05) is 24.2 Å². The molecule has 4 nitrogen and oxygen atoms in total. The number of benzene rings is 1. The van der Waals surface area contributed by atoms with Crippen LogP contribution in [0.25, 0.3) is 10.9 Å². The lowest BCUT2D eigenvalue weighted by atomic mass is 10.1. The molecule has 1 aromatic heterocycles. The van der Waals surface area contributed by atoms with Gasteiger partial charge in [0.15, 0.2) is 0 Å². The predicted octanol–water partition coefficient (Wildman–Crippen LogP) is 3.01. The molecule has 0 spiro atoms. The molecule has 21 heavy (non-hydrogen) atoms. The predicted molar refractivity (Wildman–Crippen MR) is 83.9 cm³/mol. The molecule has 0 radical (unpaired) electrons. The van der Waals surface area contributed by atoms with Crippen LogP contribution in [0.2, 0.25) is 0 Å². The van der Waals surface area contributed by atoms with Gasteiger partial charge in [-0.05, 0) is 32.4 Å². The van der Waals surface area contributed by atoms with Crippen molar-refractivity contribution in [3.63, 3.8) is 0 Å². The average Bonchev–Trinajstić information content (AvgIpc) is 2.47. The van der Waals surface area contributed by atoms with E-state index >= 15 is 0 Å². The summed E-state index contributed by atoms with van der Waals surface area (Å²) in [4.78, 5) is 18.3.